The standard InChI is InChI=1S/C23H18FN7/c24-15-3-1-2-14(12-15)19-20-17(8-11-26-19)28-23(29-20)22-21-18(30-31-22)5-4-16(27-21)13-6-9-25-10-7-13/h1-6,8,11-12,25H,7,9-10H2,(H,28,29)(H,30,31). The number of pyridine rings is 2. The minimum Gasteiger partial charge on any atom is -0.336 e. The second-order valence-electron chi connectivity index (χ2n) is 7.50. The molecule has 7 nitrogen and oxygen atoms in total. The predicted octanol–water partition coefficient (Wildman–Crippen LogP) is 4.08. The van der Waals surface area contributed by atoms with Gasteiger partial charge in [-0.15, -0.1) is 0 Å². The van der Waals surface area contributed by atoms with E-state index in [2.05, 4.69) is 31.6 Å². The van der Waals surface area contributed by atoms with Gasteiger partial charge >= 0.3 is 0 Å². The van der Waals surface area contributed by atoms with Crippen LogP contribution in [0.5, 0.6) is 0 Å². The summed E-state index contributed by atoms with van der Waals surface area (Å²) < 4.78 is 13.8. The average molecular weight is 411 g/mol. The Morgan fingerprint density at radius 1 is 0.935 bits per heavy atom. The summed E-state index contributed by atoms with van der Waals surface area (Å²) in [7, 11) is 0. The van der Waals surface area contributed by atoms with Crippen molar-refractivity contribution in [1.82, 2.24) is 35.5 Å². The second kappa shape index (κ2) is 7.10. The molecule has 0 bridgehead atoms. The fourth-order valence-electron chi connectivity index (χ4n) is 3.99. The number of hydrogen-bond acceptors (Lipinski definition) is 5. The summed E-state index contributed by atoms with van der Waals surface area (Å²) in [5.74, 6) is 0.283. The third kappa shape index (κ3) is 3.08. The SMILES string of the molecule is Fc1cccc(-c2nccc3[nH]c(-c4n[nH]c5ccc(C6=CCNCC6)nc45)nc23)c1. The Balaban J connectivity index is 1.49. The molecule has 0 radical (unpaired) electrons. The first-order valence-corrected chi connectivity index (χ1v) is 10.1. The van der Waals surface area contributed by atoms with Crippen LogP contribution < -0.4 is 5.32 Å². The van der Waals surface area contributed by atoms with Crippen LogP contribution in [-0.2, 0) is 0 Å². The van der Waals surface area contributed by atoms with Crippen molar-refractivity contribution in [3.8, 4) is 22.8 Å². The van der Waals surface area contributed by atoms with Gasteiger partial charge in [0.15, 0.2) is 11.5 Å². The number of halogens is 1. The lowest BCUT2D eigenvalue weighted by molar-refractivity contribution is 0.628. The van der Waals surface area contributed by atoms with E-state index in [-0.39, 0.29) is 5.82 Å². The molecule has 0 aliphatic carbocycles. The van der Waals surface area contributed by atoms with Gasteiger partial charge in [-0.25, -0.2) is 14.4 Å². The molecule has 1 aliphatic rings. The molecule has 5 aromatic rings. The van der Waals surface area contributed by atoms with Crippen molar-refractivity contribution in [2.75, 3.05) is 13.1 Å². The van der Waals surface area contributed by atoms with E-state index in [1.54, 1.807) is 12.3 Å². The zero-order chi connectivity index (χ0) is 20.8. The van der Waals surface area contributed by atoms with E-state index in [1.807, 2.05) is 24.3 Å². The van der Waals surface area contributed by atoms with Crippen molar-refractivity contribution in [2.45, 2.75) is 6.42 Å². The number of hydrogen-bond donors (Lipinski definition) is 3. The number of rotatable bonds is 3. The summed E-state index contributed by atoms with van der Waals surface area (Å²) in [6.07, 6.45) is 4.81. The predicted molar refractivity (Wildman–Crippen MR) is 118 cm³/mol. The molecule has 1 aromatic carbocycles. The molecule has 0 unspecified atom stereocenters. The van der Waals surface area contributed by atoms with Gasteiger partial charge in [-0.1, -0.05) is 18.2 Å². The first-order chi connectivity index (χ1) is 15.3. The van der Waals surface area contributed by atoms with Crippen LogP contribution in [0.3, 0.4) is 0 Å². The van der Waals surface area contributed by atoms with E-state index in [0.717, 1.165) is 41.8 Å². The van der Waals surface area contributed by atoms with Crippen molar-refractivity contribution >= 4 is 27.6 Å². The van der Waals surface area contributed by atoms with Crippen LogP contribution in [0.4, 0.5) is 4.39 Å². The lowest BCUT2D eigenvalue weighted by Gasteiger charge is -2.13. The molecule has 152 valence electrons. The molecule has 0 spiro atoms. The Morgan fingerprint density at radius 3 is 2.74 bits per heavy atom. The highest BCUT2D eigenvalue weighted by molar-refractivity contribution is 5.94. The zero-order valence-corrected chi connectivity index (χ0v) is 16.5. The molecule has 31 heavy (non-hydrogen) atoms. The van der Waals surface area contributed by atoms with Gasteiger partial charge in [-0.05, 0) is 48.9 Å². The van der Waals surface area contributed by atoms with Gasteiger partial charge in [0.05, 0.1) is 22.4 Å². The Bertz CT molecular complexity index is 1460. The highest BCUT2D eigenvalue weighted by Crippen LogP contribution is 2.30. The van der Waals surface area contributed by atoms with Gasteiger partial charge in [-0.2, -0.15) is 5.10 Å². The first-order valence-electron chi connectivity index (χ1n) is 10.1. The van der Waals surface area contributed by atoms with Crippen LogP contribution in [-0.4, -0.2) is 43.2 Å². The van der Waals surface area contributed by atoms with Crippen molar-refractivity contribution < 1.29 is 4.39 Å². The van der Waals surface area contributed by atoms with E-state index in [1.165, 1.54) is 17.7 Å². The fourth-order valence-corrected chi connectivity index (χ4v) is 3.99. The van der Waals surface area contributed by atoms with Gasteiger partial charge in [0.1, 0.15) is 16.9 Å². The molecule has 0 saturated heterocycles. The highest BCUT2D eigenvalue weighted by Gasteiger charge is 2.18. The largest absolute Gasteiger partial charge is 0.336 e. The van der Waals surface area contributed by atoms with E-state index in [4.69, 9.17) is 9.97 Å². The number of aromatic nitrogens is 6. The maximum Gasteiger partial charge on any atom is 0.161 e. The zero-order valence-electron chi connectivity index (χ0n) is 16.5. The Morgan fingerprint density at radius 2 is 1.87 bits per heavy atom. The topological polar surface area (TPSA) is 95.2 Å². The third-order valence-electron chi connectivity index (χ3n) is 5.52. The molecule has 3 N–H and O–H groups in total. The number of nitrogens with zero attached hydrogens (tertiary/aromatic N) is 4. The van der Waals surface area contributed by atoms with Crippen LogP contribution in [0.2, 0.25) is 0 Å². The van der Waals surface area contributed by atoms with Crippen molar-refractivity contribution in [3.63, 3.8) is 0 Å². The molecule has 8 heteroatoms. The summed E-state index contributed by atoms with van der Waals surface area (Å²) in [6, 6.07) is 12.2. The van der Waals surface area contributed by atoms with Gasteiger partial charge in [0.25, 0.3) is 0 Å². The van der Waals surface area contributed by atoms with Gasteiger partial charge in [0.2, 0.25) is 0 Å². The number of imidazole rings is 1. The maximum atomic E-state index is 13.8. The van der Waals surface area contributed by atoms with Crippen molar-refractivity contribution in [3.05, 3.63) is 66.2 Å². The van der Waals surface area contributed by atoms with Crippen LogP contribution in [0.25, 0.3) is 50.4 Å². The normalized spacial score (nSPS) is 14.3. The lowest BCUT2D eigenvalue weighted by atomic mass is 10.1. The van der Waals surface area contributed by atoms with Crippen LogP contribution >= 0.6 is 0 Å². The van der Waals surface area contributed by atoms with E-state index >= 15 is 0 Å². The van der Waals surface area contributed by atoms with E-state index < -0.39 is 0 Å². The number of H-pyrrole nitrogens is 2. The monoisotopic (exact) mass is 411 g/mol. The molecule has 0 saturated carbocycles. The molecule has 6 rings (SSSR count). The number of fused-ring (bicyclic) bond motifs is 2. The van der Waals surface area contributed by atoms with Crippen LogP contribution in [0.1, 0.15) is 12.1 Å². The number of nitrogens with one attached hydrogen (secondary N) is 3. The molecule has 1 aliphatic heterocycles. The van der Waals surface area contributed by atoms with Gasteiger partial charge in [0, 0.05) is 18.3 Å². The van der Waals surface area contributed by atoms with Crippen LogP contribution in [0, 0.1) is 5.82 Å². The second-order valence-corrected chi connectivity index (χ2v) is 7.50. The number of aromatic amines is 2. The molecule has 0 amide bonds. The Kier molecular flexibility index (Phi) is 4.10. The molecular weight excluding hydrogens is 393 g/mol. The quantitative estimate of drug-likeness (QED) is 0.416. The van der Waals surface area contributed by atoms with Gasteiger partial charge < -0.3 is 10.3 Å². The first kappa shape index (κ1) is 17.9. The van der Waals surface area contributed by atoms with Gasteiger partial charge in [-0.3, -0.25) is 10.1 Å². The summed E-state index contributed by atoms with van der Waals surface area (Å²) in [5, 5.41) is 10.8. The minimum atomic E-state index is -0.311. The van der Waals surface area contributed by atoms with E-state index in [0.29, 0.717) is 28.3 Å². The highest BCUT2D eigenvalue weighted by atomic mass is 19.1. The summed E-state index contributed by atoms with van der Waals surface area (Å²) in [5.41, 5.74) is 7.20. The maximum absolute atomic E-state index is 13.8. The Hall–Kier alpha value is -3.91. The van der Waals surface area contributed by atoms with Crippen molar-refractivity contribution in [1.29, 1.82) is 0 Å². The summed E-state index contributed by atoms with van der Waals surface area (Å²) in [6.45, 7) is 1.80. The minimum absolute atomic E-state index is 0.311. The lowest BCUT2D eigenvalue weighted by Crippen LogP contribution is -2.20. The van der Waals surface area contributed by atoms with Crippen LogP contribution in [0.15, 0.2) is 54.7 Å². The molecule has 0 atom stereocenters. The molecular formula is C23H18FN7. The Labute approximate surface area is 176 Å². The molecule has 5 heterocycles. The molecule has 0 fully saturated rings. The average Bonchev–Trinajstić information content (AvgIpc) is 3.43. The fraction of sp³-hybridized carbons (Fsp3) is 0.130. The third-order valence-corrected chi connectivity index (χ3v) is 5.52. The molecule has 4 aromatic heterocycles. The van der Waals surface area contributed by atoms with E-state index in [9.17, 15) is 4.39 Å². The number of benzene rings is 1. The smallest absolute Gasteiger partial charge is 0.161 e. The summed E-state index contributed by atoms with van der Waals surface area (Å²) in [4.78, 5) is 17.4. The van der Waals surface area contributed by atoms with Crippen molar-refractivity contribution in [2.24, 2.45) is 0 Å². The summed E-state index contributed by atoms with van der Waals surface area (Å²) >= 11 is 0.